The van der Waals surface area contributed by atoms with E-state index in [4.69, 9.17) is 12.2 Å². The van der Waals surface area contributed by atoms with Crippen LogP contribution in [0.3, 0.4) is 0 Å². The fourth-order valence-corrected chi connectivity index (χ4v) is 2.39. The maximum Gasteiger partial charge on any atom is 0.182 e. The SMILES string of the molecule is Cc1cc(Br)c(F)cc1-n1c(C)c[nH]c1=S. The number of nitrogens with zero attached hydrogens (tertiary/aromatic N) is 1. The van der Waals surface area contributed by atoms with Gasteiger partial charge in [-0.15, -0.1) is 0 Å². The molecule has 2 aromatic rings. The quantitative estimate of drug-likeness (QED) is 0.788. The van der Waals surface area contributed by atoms with Crippen LogP contribution in [0.1, 0.15) is 11.3 Å². The predicted molar refractivity (Wildman–Crippen MR) is 68.1 cm³/mol. The summed E-state index contributed by atoms with van der Waals surface area (Å²) in [5, 5.41) is 0. The van der Waals surface area contributed by atoms with E-state index in [9.17, 15) is 4.39 Å². The molecule has 0 unspecified atom stereocenters. The van der Waals surface area contributed by atoms with Crippen LogP contribution < -0.4 is 0 Å². The van der Waals surface area contributed by atoms with Gasteiger partial charge in [-0.3, -0.25) is 4.57 Å². The minimum atomic E-state index is -0.289. The number of imidazole rings is 1. The smallest absolute Gasteiger partial charge is 0.182 e. The van der Waals surface area contributed by atoms with E-state index in [0.29, 0.717) is 9.24 Å². The Morgan fingerprint density at radius 3 is 2.62 bits per heavy atom. The Labute approximate surface area is 106 Å². The molecule has 1 aromatic heterocycles. The van der Waals surface area contributed by atoms with Gasteiger partial charge in [-0.05, 0) is 59.7 Å². The monoisotopic (exact) mass is 300 g/mol. The highest BCUT2D eigenvalue weighted by Gasteiger charge is 2.09. The van der Waals surface area contributed by atoms with Crippen molar-refractivity contribution in [2.75, 3.05) is 0 Å². The number of aromatic amines is 1. The third-order valence-electron chi connectivity index (χ3n) is 2.44. The molecule has 0 amide bonds. The fraction of sp³-hybridized carbons (Fsp3) is 0.182. The topological polar surface area (TPSA) is 20.7 Å². The molecule has 5 heteroatoms. The Kier molecular flexibility index (Phi) is 2.99. The number of benzene rings is 1. The highest BCUT2D eigenvalue weighted by molar-refractivity contribution is 9.10. The molecule has 0 aliphatic rings. The van der Waals surface area contributed by atoms with Gasteiger partial charge in [-0.25, -0.2) is 4.39 Å². The zero-order valence-electron chi connectivity index (χ0n) is 8.84. The summed E-state index contributed by atoms with van der Waals surface area (Å²) in [6, 6.07) is 3.23. The minimum absolute atomic E-state index is 0.289. The number of nitrogens with one attached hydrogen (secondary N) is 1. The number of aryl methyl sites for hydroxylation is 2. The number of hydrogen-bond donors (Lipinski definition) is 1. The van der Waals surface area contributed by atoms with Gasteiger partial charge < -0.3 is 4.98 Å². The molecule has 1 aromatic carbocycles. The van der Waals surface area contributed by atoms with E-state index in [-0.39, 0.29) is 5.82 Å². The average Bonchev–Trinajstić information content (AvgIpc) is 2.53. The first-order valence-corrected chi connectivity index (χ1v) is 5.94. The standard InChI is InChI=1S/C11H10BrFN2S/c1-6-3-8(12)9(13)4-10(6)15-7(2)5-14-11(15)16/h3-5H,1-2H3,(H,14,16). The zero-order valence-corrected chi connectivity index (χ0v) is 11.2. The van der Waals surface area contributed by atoms with Crippen LogP contribution >= 0.6 is 28.1 Å². The van der Waals surface area contributed by atoms with Gasteiger partial charge in [0.25, 0.3) is 0 Å². The molecule has 1 N–H and O–H groups in total. The van der Waals surface area contributed by atoms with Crippen molar-refractivity contribution < 1.29 is 4.39 Å². The molecule has 84 valence electrons. The van der Waals surface area contributed by atoms with Crippen molar-refractivity contribution in [3.05, 3.63) is 44.6 Å². The van der Waals surface area contributed by atoms with Crippen LogP contribution in [-0.4, -0.2) is 9.55 Å². The lowest BCUT2D eigenvalue weighted by molar-refractivity contribution is 0.619. The molecule has 0 saturated carbocycles. The van der Waals surface area contributed by atoms with E-state index in [2.05, 4.69) is 20.9 Å². The molecular formula is C11H10BrFN2S. The maximum absolute atomic E-state index is 13.5. The van der Waals surface area contributed by atoms with Crippen molar-refractivity contribution in [2.24, 2.45) is 0 Å². The lowest BCUT2D eigenvalue weighted by atomic mass is 10.2. The van der Waals surface area contributed by atoms with Crippen LogP contribution in [0, 0.1) is 24.4 Å². The lowest BCUT2D eigenvalue weighted by Gasteiger charge is -2.10. The van der Waals surface area contributed by atoms with E-state index in [1.54, 1.807) is 6.07 Å². The molecule has 0 aliphatic carbocycles. The molecule has 0 radical (unpaired) electrons. The van der Waals surface area contributed by atoms with Crippen molar-refractivity contribution >= 4 is 28.1 Å². The van der Waals surface area contributed by atoms with Gasteiger partial charge in [-0.1, -0.05) is 0 Å². The second-order valence-electron chi connectivity index (χ2n) is 3.62. The zero-order chi connectivity index (χ0) is 11.9. The first kappa shape index (κ1) is 11.5. The van der Waals surface area contributed by atoms with Crippen LogP contribution in [0.2, 0.25) is 0 Å². The molecule has 0 atom stereocenters. The van der Waals surface area contributed by atoms with Crippen molar-refractivity contribution in [1.82, 2.24) is 9.55 Å². The number of aromatic nitrogens is 2. The maximum atomic E-state index is 13.5. The summed E-state index contributed by atoms with van der Waals surface area (Å²) in [6.07, 6.45) is 1.81. The van der Waals surface area contributed by atoms with Gasteiger partial charge in [0, 0.05) is 11.9 Å². The second-order valence-corrected chi connectivity index (χ2v) is 4.86. The molecule has 0 fully saturated rings. The summed E-state index contributed by atoms with van der Waals surface area (Å²) in [7, 11) is 0. The molecule has 0 aliphatic heterocycles. The minimum Gasteiger partial charge on any atom is -0.337 e. The van der Waals surface area contributed by atoms with Gasteiger partial charge in [0.1, 0.15) is 5.82 Å². The van der Waals surface area contributed by atoms with Crippen molar-refractivity contribution in [3.63, 3.8) is 0 Å². The first-order chi connectivity index (χ1) is 7.50. The third-order valence-corrected chi connectivity index (χ3v) is 3.35. The molecule has 0 saturated heterocycles. The highest BCUT2D eigenvalue weighted by atomic mass is 79.9. The summed E-state index contributed by atoms with van der Waals surface area (Å²) in [5.41, 5.74) is 2.69. The number of hydrogen-bond acceptors (Lipinski definition) is 1. The second kappa shape index (κ2) is 4.14. The van der Waals surface area contributed by atoms with E-state index in [1.165, 1.54) is 6.07 Å². The van der Waals surface area contributed by atoms with Gasteiger partial charge in [0.15, 0.2) is 4.77 Å². The number of halogens is 2. The van der Waals surface area contributed by atoms with Crippen molar-refractivity contribution in [3.8, 4) is 5.69 Å². The predicted octanol–water partition coefficient (Wildman–Crippen LogP) is 4.05. The van der Waals surface area contributed by atoms with Crippen LogP contribution in [0.15, 0.2) is 22.8 Å². The number of rotatable bonds is 1. The Balaban J connectivity index is 2.74. The van der Waals surface area contributed by atoms with Gasteiger partial charge in [0.2, 0.25) is 0 Å². The van der Waals surface area contributed by atoms with Crippen molar-refractivity contribution in [1.29, 1.82) is 0 Å². The van der Waals surface area contributed by atoms with Gasteiger partial charge >= 0.3 is 0 Å². The van der Waals surface area contributed by atoms with Gasteiger partial charge in [0.05, 0.1) is 10.2 Å². The van der Waals surface area contributed by atoms with Crippen LogP contribution in [-0.2, 0) is 0 Å². The summed E-state index contributed by atoms with van der Waals surface area (Å²) in [5.74, 6) is -0.289. The van der Waals surface area contributed by atoms with Gasteiger partial charge in [-0.2, -0.15) is 0 Å². The van der Waals surface area contributed by atoms with Crippen LogP contribution in [0.4, 0.5) is 4.39 Å². The molecule has 1 heterocycles. The molecule has 2 nitrogen and oxygen atoms in total. The average molecular weight is 301 g/mol. The van der Waals surface area contributed by atoms with E-state index < -0.39 is 0 Å². The Hall–Kier alpha value is -0.940. The summed E-state index contributed by atoms with van der Waals surface area (Å²) in [4.78, 5) is 2.94. The largest absolute Gasteiger partial charge is 0.337 e. The van der Waals surface area contributed by atoms with Crippen molar-refractivity contribution in [2.45, 2.75) is 13.8 Å². The fourth-order valence-electron chi connectivity index (χ4n) is 1.63. The van der Waals surface area contributed by atoms with E-state index in [1.807, 2.05) is 24.6 Å². The van der Waals surface area contributed by atoms with E-state index in [0.717, 1.165) is 16.9 Å². The van der Waals surface area contributed by atoms with E-state index >= 15 is 0 Å². The molecule has 0 spiro atoms. The van der Waals surface area contributed by atoms with Crippen LogP contribution in [0.5, 0.6) is 0 Å². The van der Waals surface area contributed by atoms with Crippen LogP contribution in [0.25, 0.3) is 5.69 Å². The highest BCUT2D eigenvalue weighted by Crippen LogP contribution is 2.24. The summed E-state index contributed by atoms with van der Waals surface area (Å²) >= 11 is 8.33. The third kappa shape index (κ3) is 1.85. The normalized spacial score (nSPS) is 10.8. The molecular weight excluding hydrogens is 291 g/mol. The Bertz CT molecular complexity index is 601. The Morgan fingerprint density at radius 2 is 2.06 bits per heavy atom. The first-order valence-electron chi connectivity index (χ1n) is 4.73. The Morgan fingerprint density at radius 1 is 1.38 bits per heavy atom. The lowest BCUT2D eigenvalue weighted by Crippen LogP contribution is -2.00. The summed E-state index contributed by atoms with van der Waals surface area (Å²) in [6.45, 7) is 3.85. The molecule has 2 rings (SSSR count). The summed E-state index contributed by atoms with van der Waals surface area (Å²) < 4.78 is 16.4. The number of H-pyrrole nitrogens is 1. The molecule has 0 bridgehead atoms. The molecule has 16 heavy (non-hydrogen) atoms.